The molecular weight excluding hydrogens is 230 g/mol. The van der Waals surface area contributed by atoms with E-state index in [1.165, 1.54) is 0 Å². The summed E-state index contributed by atoms with van der Waals surface area (Å²) in [5.74, 6) is 1.02. The molecule has 1 aromatic carbocycles. The van der Waals surface area contributed by atoms with Gasteiger partial charge in [-0.1, -0.05) is 12.1 Å². The summed E-state index contributed by atoms with van der Waals surface area (Å²) >= 11 is 0. The van der Waals surface area contributed by atoms with Crippen LogP contribution in [0.1, 0.15) is 12.0 Å². The second-order valence-corrected chi connectivity index (χ2v) is 4.38. The molecule has 1 N–H and O–H groups in total. The van der Waals surface area contributed by atoms with E-state index in [0.29, 0.717) is 19.6 Å². The number of rotatable bonds is 5. The number of hydrogen-bond acceptors (Lipinski definition) is 4. The first-order valence-corrected chi connectivity index (χ1v) is 6.27. The summed E-state index contributed by atoms with van der Waals surface area (Å²) in [7, 11) is 1.64. The highest BCUT2D eigenvalue weighted by Gasteiger charge is 2.20. The number of ketones is 1. The molecule has 1 aliphatic rings. The maximum Gasteiger partial charge on any atom is 0.163 e. The van der Waals surface area contributed by atoms with Crippen LogP contribution in [0, 0.1) is 0 Å². The van der Waals surface area contributed by atoms with Crippen LogP contribution in [0.15, 0.2) is 24.3 Å². The van der Waals surface area contributed by atoms with Gasteiger partial charge in [0.2, 0.25) is 0 Å². The number of benzene rings is 1. The van der Waals surface area contributed by atoms with Crippen LogP contribution in [-0.4, -0.2) is 38.7 Å². The van der Waals surface area contributed by atoms with Crippen LogP contribution in [0.5, 0.6) is 5.75 Å². The van der Waals surface area contributed by atoms with Gasteiger partial charge < -0.3 is 14.8 Å². The zero-order valence-corrected chi connectivity index (χ0v) is 10.6. The molecule has 0 aliphatic carbocycles. The van der Waals surface area contributed by atoms with Crippen LogP contribution in [0.2, 0.25) is 0 Å². The van der Waals surface area contributed by atoms with E-state index in [4.69, 9.17) is 9.47 Å². The van der Waals surface area contributed by atoms with Gasteiger partial charge >= 0.3 is 0 Å². The largest absolute Gasteiger partial charge is 0.497 e. The molecule has 1 fully saturated rings. The average Bonchev–Trinajstić information content (AvgIpc) is 2.46. The highest BCUT2D eigenvalue weighted by atomic mass is 16.5. The van der Waals surface area contributed by atoms with Crippen LogP contribution in [0.25, 0.3) is 0 Å². The third-order valence-electron chi connectivity index (χ3n) is 3.11. The predicted molar refractivity (Wildman–Crippen MR) is 68.9 cm³/mol. The Morgan fingerprint density at radius 3 is 2.83 bits per heavy atom. The van der Waals surface area contributed by atoms with Gasteiger partial charge in [0.15, 0.2) is 5.78 Å². The molecule has 0 aromatic heterocycles. The molecule has 0 radical (unpaired) electrons. The molecule has 4 heteroatoms. The van der Waals surface area contributed by atoms with Gasteiger partial charge in [-0.2, -0.15) is 0 Å². The van der Waals surface area contributed by atoms with Crippen molar-refractivity contribution >= 4 is 5.78 Å². The zero-order chi connectivity index (χ0) is 12.8. The minimum atomic E-state index is -0.267. The molecule has 0 bridgehead atoms. The Hall–Kier alpha value is -1.39. The summed E-state index contributed by atoms with van der Waals surface area (Å²) < 4.78 is 10.5. The van der Waals surface area contributed by atoms with E-state index in [9.17, 15) is 4.79 Å². The lowest BCUT2D eigenvalue weighted by molar-refractivity contribution is -0.131. The number of carbonyl (C=O) groups excluding carboxylic acids is 1. The molecule has 1 saturated heterocycles. The van der Waals surface area contributed by atoms with E-state index < -0.39 is 0 Å². The molecule has 1 unspecified atom stereocenters. The number of hydrogen-bond donors (Lipinski definition) is 1. The van der Waals surface area contributed by atoms with Gasteiger partial charge in [-0.15, -0.1) is 0 Å². The third-order valence-corrected chi connectivity index (χ3v) is 3.11. The second-order valence-electron chi connectivity index (χ2n) is 4.38. The number of ether oxygens (including phenoxy) is 2. The normalized spacial score (nSPS) is 19.5. The summed E-state index contributed by atoms with van der Waals surface area (Å²) in [6, 6.07) is 7.81. The van der Waals surface area contributed by atoms with E-state index in [2.05, 4.69) is 5.32 Å². The third kappa shape index (κ3) is 3.55. The van der Waals surface area contributed by atoms with E-state index in [1.54, 1.807) is 7.11 Å². The molecule has 0 spiro atoms. The Labute approximate surface area is 107 Å². The number of carbonyl (C=O) groups is 1. The predicted octanol–water partition coefficient (Wildman–Crippen LogP) is 1.19. The van der Waals surface area contributed by atoms with Crippen LogP contribution >= 0.6 is 0 Å². The number of morpholine rings is 1. The summed E-state index contributed by atoms with van der Waals surface area (Å²) in [6.07, 6.45) is 1.01. The van der Waals surface area contributed by atoms with Crippen molar-refractivity contribution in [2.75, 3.05) is 26.8 Å². The summed E-state index contributed by atoms with van der Waals surface area (Å²) in [6.45, 7) is 2.10. The first kappa shape index (κ1) is 13.1. The highest BCUT2D eigenvalue weighted by molar-refractivity contribution is 5.83. The molecule has 1 heterocycles. The standard InChI is InChI=1S/C14H19NO3/c1-17-12-5-2-11(3-6-12)4-7-13(16)14-10-15-8-9-18-14/h2-3,5-6,14-15H,4,7-10H2,1H3. The topological polar surface area (TPSA) is 47.6 Å². The first-order valence-electron chi connectivity index (χ1n) is 6.27. The fourth-order valence-electron chi connectivity index (χ4n) is 1.99. The van der Waals surface area contributed by atoms with Crippen LogP contribution in [-0.2, 0) is 16.0 Å². The lowest BCUT2D eigenvalue weighted by Gasteiger charge is -2.22. The van der Waals surface area contributed by atoms with Crippen molar-refractivity contribution in [3.8, 4) is 5.75 Å². The van der Waals surface area contributed by atoms with Gasteiger partial charge in [-0.05, 0) is 24.1 Å². The van der Waals surface area contributed by atoms with Gasteiger partial charge in [0.1, 0.15) is 11.9 Å². The maximum absolute atomic E-state index is 11.9. The van der Waals surface area contributed by atoms with Crippen LogP contribution in [0.4, 0.5) is 0 Å². The molecule has 1 aliphatic heterocycles. The Morgan fingerprint density at radius 1 is 1.44 bits per heavy atom. The molecule has 0 saturated carbocycles. The fraction of sp³-hybridized carbons (Fsp3) is 0.500. The van der Waals surface area contributed by atoms with E-state index in [1.807, 2.05) is 24.3 Å². The Bertz CT molecular complexity index is 383. The number of aryl methyl sites for hydroxylation is 1. The Kier molecular flexibility index (Phi) is 4.73. The van der Waals surface area contributed by atoms with E-state index in [0.717, 1.165) is 24.3 Å². The average molecular weight is 249 g/mol. The minimum Gasteiger partial charge on any atom is -0.497 e. The van der Waals surface area contributed by atoms with Crippen LogP contribution < -0.4 is 10.1 Å². The first-order chi connectivity index (χ1) is 8.79. The quantitative estimate of drug-likeness (QED) is 0.851. The van der Waals surface area contributed by atoms with Crippen molar-refractivity contribution in [3.63, 3.8) is 0 Å². The second kappa shape index (κ2) is 6.52. The Morgan fingerprint density at radius 2 is 2.22 bits per heavy atom. The SMILES string of the molecule is COc1ccc(CCC(=O)C2CNCCO2)cc1. The van der Waals surface area contributed by atoms with Crippen molar-refractivity contribution in [2.45, 2.75) is 18.9 Å². The summed E-state index contributed by atoms with van der Waals surface area (Å²) in [5, 5.41) is 3.17. The van der Waals surface area contributed by atoms with E-state index >= 15 is 0 Å². The number of methoxy groups -OCH3 is 1. The molecule has 4 nitrogen and oxygen atoms in total. The Balaban J connectivity index is 1.80. The van der Waals surface area contributed by atoms with Gasteiger partial charge in [0, 0.05) is 19.5 Å². The van der Waals surface area contributed by atoms with Crippen molar-refractivity contribution in [2.24, 2.45) is 0 Å². The van der Waals surface area contributed by atoms with Crippen LogP contribution in [0.3, 0.4) is 0 Å². The van der Waals surface area contributed by atoms with Gasteiger partial charge in [0.25, 0.3) is 0 Å². The molecule has 18 heavy (non-hydrogen) atoms. The van der Waals surface area contributed by atoms with Gasteiger partial charge in [-0.25, -0.2) is 0 Å². The number of nitrogens with one attached hydrogen (secondary N) is 1. The fourth-order valence-corrected chi connectivity index (χ4v) is 1.99. The summed E-state index contributed by atoms with van der Waals surface area (Å²) in [4.78, 5) is 11.9. The highest BCUT2D eigenvalue weighted by Crippen LogP contribution is 2.13. The molecule has 0 amide bonds. The lowest BCUT2D eigenvalue weighted by Crippen LogP contribution is -2.43. The van der Waals surface area contributed by atoms with Crippen molar-refractivity contribution in [1.29, 1.82) is 0 Å². The molecule has 1 atom stereocenters. The molecular formula is C14H19NO3. The molecule has 98 valence electrons. The molecule has 1 aromatic rings. The zero-order valence-electron chi connectivity index (χ0n) is 10.6. The van der Waals surface area contributed by atoms with E-state index in [-0.39, 0.29) is 11.9 Å². The number of Topliss-reactive ketones (excluding diaryl/α,β-unsaturated/α-hetero) is 1. The lowest BCUT2D eigenvalue weighted by atomic mass is 10.0. The maximum atomic E-state index is 11.9. The smallest absolute Gasteiger partial charge is 0.163 e. The van der Waals surface area contributed by atoms with Crippen molar-refractivity contribution in [3.05, 3.63) is 29.8 Å². The minimum absolute atomic E-state index is 0.179. The van der Waals surface area contributed by atoms with Crippen molar-refractivity contribution < 1.29 is 14.3 Å². The summed E-state index contributed by atoms with van der Waals surface area (Å²) in [5.41, 5.74) is 1.15. The van der Waals surface area contributed by atoms with Crippen molar-refractivity contribution in [1.82, 2.24) is 5.32 Å². The van der Waals surface area contributed by atoms with Gasteiger partial charge in [-0.3, -0.25) is 4.79 Å². The monoisotopic (exact) mass is 249 g/mol. The molecule has 2 rings (SSSR count). The van der Waals surface area contributed by atoms with Gasteiger partial charge in [0.05, 0.1) is 13.7 Å².